The zero-order valence-corrected chi connectivity index (χ0v) is 22.9. The van der Waals surface area contributed by atoms with Crippen LogP contribution in [0.4, 0.5) is 10.3 Å². The van der Waals surface area contributed by atoms with Gasteiger partial charge in [-0.1, -0.05) is 18.9 Å². The van der Waals surface area contributed by atoms with E-state index < -0.39 is 19.0 Å². The van der Waals surface area contributed by atoms with Gasteiger partial charge >= 0.3 is 7.60 Å². The van der Waals surface area contributed by atoms with Gasteiger partial charge in [0.25, 0.3) is 5.56 Å². The smallest absolute Gasteiger partial charge is 0.356 e. The number of fused-ring (bicyclic) bond motifs is 1. The van der Waals surface area contributed by atoms with Crippen LogP contribution < -0.4 is 16.0 Å². The lowest BCUT2D eigenvalue weighted by Crippen LogP contribution is -2.14. The summed E-state index contributed by atoms with van der Waals surface area (Å²) in [7, 11) is -2.49. The minimum absolute atomic E-state index is 0.0363. The molecule has 216 valence electrons. The van der Waals surface area contributed by atoms with Crippen molar-refractivity contribution in [2.75, 3.05) is 39.2 Å². The summed E-state index contributed by atoms with van der Waals surface area (Å²) in [5.41, 5.74) is 6.07. The average Bonchev–Trinajstić information content (AvgIpc) is 3.70. The molecule has 40 heavy (non-hydrogen) atoms. The SMILES string of the molecule is COc1ccc(COP(=O)(COCCn2cnc3c(=O)[nH]c(N)nc32)OCC2=C(C3CCCC3)OCO2)cc1F. The molecule has 1 atom stereocenters. The second-order valence-corrected chi connectivity index (χ2v) is 11.4. The van der Waals surface area contributed by atoms with Gasteiger partial charge in [-0.2, -0.15) is 4.98 Å². The number of anilines is 1. The van der Waals surface area contributed by atoms with Crippen molar-refractivity contribution in [2.45, 2.75) is 38.8 Å². The Morgan fingerprint density at radius 3 is 2.80 bits per heavy atom. The molecule has 0 bridgehead atoms. The number of nitrogens with two attached hydrogens (primary N) is 1. The van der Waals surface area contributed by atoms with Gasteiger partial charge < -0.3 is 33.8 Å². The molecule has 1 aliphatic carbocycles. The highest BCUT2D eigenvalue weighted by molar-refractivity contribution is 7.53. The van der Waals surface area contributed by atoms with Gasteiger partial charge in [0.2, 0.25) is 12.7 Å². The number of aromatic amines is 1. The Morgan fingerprint density at radius 1 is 1.23 bits per heavy atom. The van der Waals surface area contributed by atoms with Crippen LogP contribution in [0.15, 0.2) is 40.8 Å². The Morgan fingerprint density at radius 2 is 2.02 bits per heavy atom. The standard InChI is InChI=1S/C25H31FN5O8P/c1-34-19-7-6-16(10-18(19)26)11-38-40(33,39-12-20-22(37-14-36-20)17-4-2-3-5-17)15-35-9-8-31-13-28-21-23(31)29-25(27)30-24(21)32/h6-7,10,13,17H,2-5,8-9,11-12,14-15H2,1H3,(H3,27,29,30,32). The quantitative estimate of drug-likeness (QED) is 0.224. The first-order valence-electron chi connectivity index (χ1n) is 12.8. The van der Waals surface area contributed by atoms with E-state index in [2.05, 4.69) is 15.0 Å². The van der Waals surface area contributed by atoms with E-state index in [9.17, 15) is 13.8 Å². The van der Waals surface area contributed by atoms with Crippen molar-refractivity contribution in [3.05, 3.63) is 57.8 Å². The van der Waals surface area contributed by atoms with Crippen LogP contribution in [0.3, 0.4) is 0 Å². The lowest BCUT2D eigenvalue weighted by molar-refractivity contribution is 0.0541. The molecule has 13 nitrogen and oxygen atoms in total. The fourth-order valence-corrected chi connectivity index (χ4v) is 5.91. The summed E-state index contributed by atoms with van der Waals surface area (Å²) in [5.74, 6) is 0.951. The lowest BCUT2D eigenvalue weighted by Gasteiger charge is -2.19. The van der Waals surface area contributed by atoms with Gasteiger partial charge in [0.05, 0.1) is 26.7 Å². The number of benzene rings is 1. The summed E-state index contributed by atoms with van der Waals surface area (Å²) < 4.78 is 62.9. The summed E-state index contributed by atoms with van der Waals surface area (Å²) in [6, 6.07) is 4.30. The number of allylic oxidation sites excluding steroid dienone is 1. The molecule has 3 N–H and O–H groups in total. The number of hydrogen-bond acceptors (Lipinski definition) is 11. The minimum atomic E-state index is -3.86. The number of hydrogen-bond donors (Lipinski definition) is 2. The Hall–Kier alpha value is -3.45. The zero-order chi connectivity index (χ0) is 28.1. The Balaban J connectivity index is 1.25. The summed E-state index contributed by atoms with van der Waals surface area (Å²) in [6.07, 6.45) is 5.27. The number of ether oxygens (including phenoxy) is 4. The predicted octanol–water partition coefficient (Wildman–Crippen LogP) is 3.66. The van der Waals surface area contributed by atoms with Crippen molar-refractivity contribution in [3.63, 3.8) is 0 Å². The van der Waals surface area contributed by atoms with Crippen LogP contribution in [0, 0.1) is 11.7 Å². The van der Waals surface area contributed by atoms with Crippen molar-refractivity contribution < 1.29 is 37.0 Å². The van der Waals surface area contributed by atoms with Gasteiger partial charge in [0.15, 0.2) is 28.5 Å². The van der Waals surface area contributed by atoms with E-state index in [1.165, 1.54) is 25.6 Å². The van der Waals surface area contributed by atoms with Crippen LogP contribution in [0.1, 0.15) is 31.2 Å². The highest BCUT2D eigenvalue weighted by Crippen LogP contribution is 2.50. The van der Waals surface area contributed by atoms with Gasteiger partial charge in [0.1, 0.15) is 18.7 Å². The molecule has 2 aliphatic rings. The summed E-state index contributed by atoms with van der Waals surface area (Å²) in [6.45, 7) is 0.0814. The summed E-state index contributed by atoms with van der Waals surface area (Å²) >= 11 is 0. The van der Waals surface area contributed by atoms with Crippen LogP contribution in [0.25, 0.3) is 11.2 Å². The van der Waals surface area contributed by atoms with E-state index in [4.69, 9.17) is 33.7 Å². The second kappa shape index (κ2) is 12.4. The third-order valence-electron chi connectivity index (χ3n) is 6.70. The first kappa shape index (κ1) is 28.1. The van der Waals surface area contributed by atoms with Gasteiger partial charge in [0, 0.05) is 12.5 Å². The van der Waals surface area contributed by atoms with E-state index in [1.807, 2.05) is 0 Å². The van der Waals surface area contributed by atoms with Crippen molar-refractivity contribution in [1.29, 1.82) is 0 Å². The van der Waals surface area contributed by atoms with Gasteiger partial charge in [-0.15, -0.1) is 0 Å². The first-order valence-corrected chi connectivity index (χ1v) is 14.6. The van der Waals surface area contributed by atoms with Crippen molar-refractivity contribution in [2.24, 2.45) is 5.92 Å². The normalized spacial score (nSPS) is 17.2. The van der Waals surface area contributed by atoms with Crippen LogP contribution >= 0.6 is 7.60 Å². The second-order valence-electron chi connectivity index (χ2n) is 9.40. The molecule has 1 fully saturated rings. The molecule has 0 spiro atoms. The fraction of sp³-hybridized carbons (Fsp3) is 0.480. The third kappa shape index (κ3) is 6.47. The maximum absolute atomic E-state index is 14.2. The Bertz CT molecular complexity index is 1490. The number of halogens is 1. The molecule has 15 heteroatoms. The molecular weight excluding hydrogens is 548 g/mol. The number of H-pyrrole nitrogens is 1. The van der Waals surface area contributed by atoms with E-state index >= 15 is 0 Å². The van der Waals surface area contributed by atoms with Crippen molar-refractivity contribution >= 4 is 24.7 Å². The Kier molecular flexibility index (Phi) is 8.69. The van der Waals surface area contributed by atoms with E-state index in [-0.39, 0.29) is 62.6 Å². The van der Waals surface area contributed by atoms with E-state index in [0.717, 1.165) is 31.4 Å². The molecule has 5 rings (SSSR count). The monoisotopic (exact) mass is 579 g/mol. The molecule has 0 saturated heterocycles. The van der Waals surface area contributed by atoms with Gasteiger partial charge in [-0.05, 0) is 30.5 Å². The van der Waals surface area contributed by atoms with Crippen molar-refractivity contribution in [1.82, 2.24) is 19.5 Å². The molecule has 1 aromatic carbocycles. The predicted molar refractivity (Wildman–Crippen MR) is 141 cm³/mol. The van der Waals surface area contributed by atoms with E-state index in [0.29, 0.717) is 17.0 Å². The molecule has 1 aliphatic heterocycles. The van der Waals surface area contributed by atoms with Gasteiger partial charge in [-0.3, -0.25) is 18.9 Å². The maximum atomic E-state index is 14.2. The van der Waals surface area contributed by atoms with Crippen LogP contribution in [0.2, 0.25) is 0 Å². The number of nitrogens with one attached hydrogen (secondary N) is 1. The number of nitrogen functional groups attached to an aromatic ring is 1. The third-order valence-corrected chi connectivity index (χ3v) is 8.25. The number of nitrogens with zero attached hydrogens (tertiary/aromatic N) is 3. The average molecular weight is 580 g/mol. The lowest BCUT2D eigenvalue weighted by atomic mass is 10.1. The number of aromatic nitrogens is 4. The topological polar surface area (TPSA) is 162 Å². The highest BCUT2D eigenvalue weighted by atomic mass is 31.2. The largest absolute Gasteiger partial charge is 0.494 e. The zero-order valence-electron chi connectivity index (χ0n) is 22.0. The summed E-state index contributed by atoms with van der Waals surface area (Å²) in [4.78, 5) is 22.6. The minimum Gasteiger partial charge on any atom is -0.494 e. The molecule has 0 amide bonds. The molecular formula is C25H31FN5O8P. The van der Waals surface area contributed by atoms with Crippen molar-refractivity contribution in [3.8, 4) is 5.75 Å². The Labute approximate surface area is 228 Å². The molecule has 3 heterocycles. The molecule has 2 aromatic heterocycles. The molecule has 1 unspecified atom stereocenters. The number of methoxy groups -OCH3 is 1. The number of imidazole rings is 1. The van der Waals surface area contributed by atoms with Gasteiger partial charge in [-0.25, -0.2) is 9.37 Å². The fourth-order valence-electron chi connectivity index (χ4n) is 4.68. The highest BCUT2D eigenvalue weighted by Gasteiger charge is 2.32. The van der Waals surface area contributed by atoms with E-state index in [1.54, 1.807) is 10.6 Å². The molecule has 1 saturated carbocycles. The maximum Gasteiger partial charge on any atom is 0.356 e. The number of rotatable bonds is 13. The first-order chi connectivity index (χ1) is 19.3. The molecule has 3 aromatic rings. The van der Waals surface area contributed by atoms with Crippen LogP contribution in [-0.4, -0.2) is 53.0 Å². The summed E-state index contributed by atoms with van der Waals surface area (Å²) in [5, 5.41) is 0. The van der Waals surface area contributed by atoms with Crippen LogP contribution in [0.5, 0.6) is 5.75 Å². The molecule has 0 radical (unpaired) electrons. The van der Waals surface area contributed by atoms with Crippen LogP contribution in [-0.2, 0) is 41.0 Å².